The van der Waals surface area contributed by atoms with Crippen LogP contribution in [0.25, 0.3) is 0 Å². The normalized spacial score (nSPS) is 23.7. The number of benzene rings is 1. The summed E-state index contributed by atoms with van der Waals surface area (Å²) in [5, 5.41) is 0. The van der Waals surface area contributed by atoms with Crippen molar-refractivity contribution in [3.63, 3.8) is 0 Å². The smallest absolute Gasteiger partial charge is 0.153 e. The predicted octanol–water partition coefficient (Wildman–Crippen LogP) is 2.97. The van der Waals surface area contributed by atoms with Gasteiger partial charge in [0.1, 0.15) is 17.7 Å². The first-order chi connectivity index (χ1) is 8.72. The lowest BCUT2D eigenvalue weighted by atomic mass is 9.95. The van der Waals surface area contributed by atoms with Crippen LogP contribution in [0.2, 0.25) is 0 Å². The standard InChI is InChI=1S/C14H17FO3/c1-17-12-3-2-4-13(8-12)18-14-6-5-11(15)7-10(14)9-16/h5-7,9,12-13H,2-4,8H2,1H3. The SMILES string of the molecule is COC1CCCC(Oc2ccc(F)cc2C=O)C1. The number of carbonyl (C=O) groups excluding carboxylic acids is 1. The summed E-state index contributed by atoms with van der Waals surface area (Å²) in [6.45, 7) is 0. The zero-order valence-electron chi connectivity index (χ0n) is 10.4. The molecule has 1 aliphatic carbocycles. The van der Waals surface area contributed by atoms with E-state index in [1.165, 1.54) is 18.2 Å². The van der Waals surface area contributed by atoms with E-state index in [-0.39, 0.29) is 17.8 Å². The van der Waals surface area contributed by atoms with Crippen molar-refractivity contribution in [1.82, 2.24) is 0 Å². The molecule has 0 saturated heterocycles. The highest BCUT2D eigenvalue weighted by Gasteiger charge is 2.23. The Balaban J connectivity index is 2.06. The van der Waals surface area contributed by atoms with Gasteiger partial charge in [-0.15, -0.1) is 0 Å². The van der Waals surface area contributed by atoms with Crippen molar-refractivity contribution >= 4 is 6.29 Å². The van der Waals surface area contributed by atoms with Crippen molar-refractivity contribution in [3.05, 3.63) is 29.6 Å². The lowest BCUT2D eigenvalue weighted by Gasteiger charge is -2.29. The molecule has 3 nitrogen and oxygen atoms in total. The Morgan fingerprint density at radius 2 is 2.11 bits per heavy atom. The molecular weight excluding hydrogens is 235 g/mol. The number of hydrogen-bond donors (Lipinski definition) is 0. The topological polar surface area (TPSA) is 35.5 Å². The van der Waals surface area contributed by atoms with Crippen LogP contribution in [0.5, 0.6) is 5.75 Å². The third-order valence-electron chi connectivity index (χ3n) is 3.30. The Labute approximate surface area is 106 Å². The van der Waals surface area contributed by atoms with E-state index in [1.807, 2.05) is 0 Å². The second-order valence-electron chi connectivity index (χ2n) is 4.56. The number of hydrogen-bond acceptors (Lipinski definition) is 3. The van der Waals surface area contributed by atoms with E-state index in [1.54, 1.807) is 7.11 Å². The Bertz CT molecular complexity index is 420. The van der Waals surface area contributed by atoms with Crippen molar-refractivity contribution in [2.45, 2.75) is 37.9 Å². The van der Waals surface area contributed by atoms with Gasteiger partial charge in [-0.3, -0.25) is 4.79 Å². The molecule has 4 heteroatoms. The van der Waals surface area contributed by atoms with Crippen LogP contribution in [-0.4, -0.2) is 25.6 Å². The van der Waals surface area contributed by atoms with E-state index in [9.17, 15) is 9.18 Å². The number of carbonyl (C=O) groups is 1. The summed E-state index contributed by atoms with van der Waals surface area (Å²) < 4.78 is 24.1. The summed E-state index contributed by atoms with van der Waals surface area (Å²) in [6.07, 6.45) is 4.70. The molecule has 0 aliphatic heterocycles. The number of rotatable bonds is 4. The summed E-state index contributed by atoms with van der Waals surface area (Å²) in [6, 6.07) is 4.01. The molecule has 18 heavy (non-hydrogen) atoms. The summed E-state index contributed by atoms with van der Waals surface area (Å²) in [7, 11) is 1.70. The van der Waals surface area contributed by atoms with Gasteiger partial charge in [0.2, 0.25) is 0 Å². The quantitative estimate of drug-likeness (QED) is 0.773. The van der Waals surface area contributed by atoms with E-state index >= 15 is 0 Å². The van der Waals surface area contributed by atoms with E-state index in [2.05, 4.69) is 0 Å². The van der Waals surface area contributed by atoms with Crippen molar-refractivity contribution < 1.29 is 18.7 Å². The minimum absolute atomic E-state index is 0.0351. The monoisotopic (exact) mass is 252 g/mol. The van der Waals surface area contributed by atoms with Crippen LogP contribution in [0.1, 0.15) is 36.0 Å². The van der Waals surface area contributed by atoms with Gasteiger partial charge < -0.3 is 9.47 Å². The fourth-order valence-corrected chi connectivity index (χ4v) is 2.32. The first-order valence-electron chi connectivity index (χ1n) is 6.17. The number of ether oxygens (including phenoxy) is 2. The zero-order valence-corrected chi connectivity index (χ0v) is 10.4. The van der Waals surface area contributed by atoms with Crippen LogP contribution >= 0.6 is 0 Å². The average molecular weight is 252 g/mol. The summed E-state index contributed by atoms with van der Waals surface area (Å²) in [5.74, 6) is 0.0241. The van der Waals surface area contributed by atoms with E-state index in [4.69, 9.17) is 9.47 Å². The largest absolute Gasteiger partial charge is 0.490 e. The molecule has 1 aliphatic rings. The highest BCUT2D eigenvalue weighted by atomic mass is 19.1. The van der Waals surface area contributed by atoms with Gasteiger partial charge in [-0.25, -0.2) is 4.39 Å². The first kappa shape index (κ1) is 13.0. The molecule has 0 N–H and O–H groups in total. The number of halogens is 1. The van der Waals surface area contributed by atoms with E-state index in [0.717, 1.165) is 25.7 Å². The molecule has 1 aromatic carbocycles. The Morgan fingerprint density at radius 3 is 2.83 bits per heavy atom. The second-order valence-corrected chi connectivity index (χ2v) is 4.56. The van der Waals surface area contributed by atoms with Crippen LogP contribution in [0.4, 0.5) is 4.39 Å². The van der Waals surface area contributed by atoms with Crippen LogP contribution in [0.3, 0.4) is 0 Å². The first-order valence-corrected chi connectivity index (χ1v) is 6.17. The molecule has 0 spiro atoms. The van der Waals surface area contributed by atoms with Gasteiger partial charge in [0, 0.05) is 13.5 Å². The average Bonchev–Trinajstić information content (AvgIpc) is 2.41. The Hall–Kier alpha value is -1.42. The fourth-order valence-electron chi connectivity index (χ4n) is 2.32. The molecule has 1 aromatic rings. The third kappa shape index (κ3) is 3.07. The van der Waals surface area contributed by atoms with Crippen LogP contribution in [-0.2, 0) is 4.74 Å². The van der Waals surface area contributed by atoms with Crippen LogP contribution in [0, 0.1) is 5.82 Å². The molecule has 0 aromatic heterocycles. The molecule has 1 saturated carbocycles. The van der Waals surface area contributed by atoms with E-state index < -0.39 is 5.82 Å². The highest BCUT2D eigenvalue weighted by molar-refractivity contribution is 5.79. The molecule has 0 amide bonds. The van der Waals surface area contributed by atoms with Crippen molar-refractivity contribution in [1.29, 1.82) is 0 Å². The van der Waals surface area contributed by atoms with Crippen LogP contribution < -0.4 is 4.74 Å². The Kier molecular flexibility index (Phi) is 4.31. The zero-order chi connectivity index (χ0) is 13.0. The molecule has 0 radical (unpaired) electrons. The third-order valence-corrected chi connectivity index (χ3v) is 3.30. The van der Waals surface area contributed by atoms with Gasteiger partial charge in [0.25, 0.3) is 0 Å². The van der Waals surface area contributed by atoms with Gasteiger partial charge in [-0.1, -0.05) is 0 Å². The lowest BCUT2D eigenvalue weighted by molar-refractivity contribution is 0.0208. The predicted molar refractivity (Wildman–Crippen MR) is 65.5 cm³/mol. The number of methoxy groups -OCH3 is 1. The molecule has 2 atom stereocenters. The maximum atomic E-state index is 13.0. The molecular formula is C14H17FO3. The molecule has 1 fully saturated rings. The summed E-state index contributed by atoms with van der Waals surface area (Å²) in [5.41, 5.74) is 0.259. The minimum Gasteiger partial charge on any atom is -0.490 e. The summed E-state index contributed by atoms with van der Waals surface area (Å²) >= 11 is 0. The van der Waals surface area contributed by atoms with Crippen molar-refractivity contribution in [2.24, 2.45) is 0 Å². The molecule has 0 bridgehead atoms. The fraction of sp³-hybridized carbons (Fsp3) is 0.500. The molecule has 98 valence electrons. The van der Waals surface area contributed by atoms with Crippen molar-refractivity contribution in [3.8, 4) is 5.75 Å². The molecule has 0 heterocycles. The van der Waals surface area contributed by atoms with Gasteiger partial charge in [0.05, 0.1) is 11.7 Å². The van der Waals surface area contributed by atoms with Gasteiger partial charge in [0.15, 0.2) is 6.29 Å². The summed E-state index contributed by atoms with van der Waals surface area (Å²) in [4.78, 5) is 10.9. The molecule has 2 rings (SSSR count). The number of aldehydes is 1. The van der Waals surface area contributed by atoms with Crippen molar-refractivity contribution in [2.75, 3.05) is 7.11 Å². The van der Waals surface area contributed by atoms with Gasteiger partial charge >= 0.3 is 0 Å². The lowest BCUT2D eigenvalue weighted by Crippen LogP contribution is -2.29. The maximum absolute atomic E-state index is 13.0. The van der Waals surface area contributed by atoms with E-state index in [0.29, 0.717) is 12.0 Å². The minimum atomic E-state index is -0.428. The maximum Gasteiger partial charge on any atom is 0.153 e. The second kappa shape index (κ2) is 5.96. The van der Waals surface area contributed by atoms with Crippen LogP contribution in [0.15, 0.2) is 18.2 Å². The highest BCUT2D eigenvalue weighted by Crippen LogP contribution is 2.27. The van der Waals surface area contributed by atoms with Gasteiger partial charge in [-0.05, 0) is 37.5 Å². The molecule has 2 unspecified atom stereocenters. The Morgan fingerprint density at radius 1 is 1.33 bits per heavy atom. The van der Waals surface area contributed by atoms with Gasteiger partial charge in [-0.2, -0.15) is 0 Å².